The Morgan fingerprint density at radius 3 is 2.40 bits per heavy atom. The van der Waals surface area contributed by atoms with Crippen molar-refractivity contribution >= 4 is 6.21 Å². The van der Waals surface area contributed by atoms with Gasteiger partial charge in [-0.15, -0.1) is 0 Å². The summed E-state index contributed by atoms with van der Waals surface area (Å²) in [5, 5.41) is 3.68. The zero-order valence-electron chi connectivity index (χ0n) is 7.27. The first-order valence-corrected chi connectivity index (χ1v) is 3.67. The lowest BCUT2D eigenvalue weighted by Crippen LogP contribution is -2.15. The monoisotopic (exact) mass is 142 g/mol. The summed E-state index contributed by atoms with van der Waals surface area (Å²) in [6, 6.07) is 0. The molecule has 0 amide bonds. The minimum absolute atomic E-state index is 0.180. The Morgan fingerprint density at radius 1 is 1.40 bits per heavy atom. The fraction of sp³-hybridized carbons (Fsp3) is 0.875. The molecular formula is C8H16NO. The Bertz CT molecular complexity index is 102. The van der Waals surface area contributed by atoms with Crippen molar-refractivity contribution in [1.82, 2.24) is 0 Å². The van der Waals surface area contributed by atoms with Crippen molar-refractivity contribution in [2.75, 3.05) is 0 Å². The van der Waals surface area contributed by atoms with Crippen LogP contribution in [0.1, 0.15) is 40.5 Å². The van der Waals surface area contributed by atoms with Crippen LogP contribution in [0, 0.1) is 0 Å². The molecule has 0 saturated carbocycles. The van der Waals surface area contributed by atoms with Crippen LogP contribution < -0.4 is 0 Å². The third-order valence-electron chi connectivity index (χ3n) is 0.746. The van der Waals surface area contributed by atoms with Gasteiger partial charge in [-0.25, -0.2) is 0 Å². The van der Waals surface area contributed by atoms with Crippen molar-refractivity contribution in [3.8, 4) is 0 Å². The van der Waals surface area contributed by atoms with Gasteiger partial charge in [0, 0.05) is 0 Å². The molecule has 0 rings (SSSR count). The van der Waals surface area contributed by atoms with E-state index < -0.39 is 0 Å². The lowest BCUT2D eigenvalue weighted by molar-refractivity contribution is 0.00158. The van der Waals surface area contributed by atoms with Crippen LogP contribution in [0.15, 0.2) is 5.16 Å². The van der Waals surface area contributed by atoms with Gasteiger partial charge >= 0.3 is 0 Å². The van der Waals surface area contributed by atoms with Crippen LogP contribution in [0.25, 0.3) is 0 Å². The van der Waals surface area contributed by atoms with Gasteiger partial charge in [-0.3, -0.25) is 0 Å². The summed E-state index contributed by atoms with van der Waals surface area (Å²) in [4.78, 5) is 5.05. The van der Waals surface area contributed by atoms with Crippen molar-refractivity contribution in [1.29, 1.82) is 0 Å². The highest BCUT2D eigenvalue weighted by atomic mass is 16.6. The van der Waals surface area contributed by atoms with Crippen molar-refractivity contribution in [2.24, 2.45) is 5.16 Å². The molecule has 0 aliphatic rings. The van der Waals surface area contributed by atoms with E-state index in [-0.39, 0.29) is 5.60 Å². The number of nitrogens with zero attached hydrogens (tertiary/aromatic N) is 1. The molecular weight excluding hydrogens is 126 g/mol. The van der Waals surface area contributed by atoms with Crippen LogP contribution in [0.2, 0.25) is 0 Å². The summed E-state index contributed by atoms with van der Waals surface area (Å²) in [5.41, 5.74) is -0.180. The predicted octanol–water partition coefficient (Wildman–Crippen LogP) is 2.46. The lowest BCUT2D eigenvalue weighted by Gasteiger charge is -2.14. The molecule has 0 atom stereocenters. The molecule has 0 spiro atoms. The Morgan fingerprint density at radius 2 is 2.00 bits per heavy atom. The Kier molecular flexibility index (Phi) is 4.08. The maximum Gasteiger partial charge on any atom is 0.129 e. The van der Waals surface area contributed by atoms with E-state index in [2.05, 4.69) is 18.3 Å². The first kappa shape index (κ1) is 9.47. The average molecular weight is 142 g/mol. The molecule has 2 nitrogen and oxygen atoms in total. The highest BCUT2D eigenvalue weighted by Crippen LogP contribution is 2.05. The Balaban J connectivity index is 3.34. The van der Waals surface area contributed by atoms with Crippen LogP contribution >= 0.6 is 0 Å². The average Bonchev–Trinajstić information content (AvgIpc) is 1.78. The highest BCUT2D eigenvalue weighted by molar-refractivity contribution is 5.55. The summed E-state index contributed by atoms with van der Waals surface area (Å²) in [7, 11) is 0. The van der Waals surface area contributed by atoms with Gasteiger partial charge in [0.05, 0.1) is 0 Å². The summed E-state index contributed by atoms with van der Waals surface area (Å²) in [6.07, 6.45) is 4.73. The van der Waals surface area contributed by atoms with E-state index in [9.17, 15) is 0 Å². The molecule has 0 aliphatic heterocycles. The maximum atomic E-state index is 5.05. The van der Waals surface area contributed by atoms with Gasteiger partial charge in [0.2, 0.25) is 0 Å². The van der Waals surface area contributed by atoms with E-state index in [1.54, 1.807) is 0 Å². The second kappa shape index (κ2) is 4.31. The van der Waals surface area contributed by atoms with Gasteiger partial charge in [-0.1, -0.05) is 18.5 Å². The first-order chi connectivity index (χ1) is 4.56. The number of rotatable bonds is 3. The van der Waals surface area contributed by atoms with Crippen LogP contribution in [0.5, 0.6) is 0 Å². The number of unbranched alkanes of at least 4 members (excludes halogenated alkanes) is 1. The van der Waals surface area contributed by atoms with E-state index in [0.717, 1.165) is 12.8 Å². The van der Waals surface area contributed by atoms with Gasteiger partial charge in [0.1, 0.15) is 11.8 Å². The molecule has 0 aromatic heterocycles. The molecule has 0 N–H and O–H groups in total. The first-order valence-electron chi connectivity index (χ1n) is 3.67. The molecule has 59 valence electrons. The molecule has 1 radical (unpaired) electrons. The smallest absolute Gasteiger partial charge is 0.129 e. The zero-order chi connectivity index (χ0) is 8.04. The van der Waals surface area contributed by atoms with E-state index in [1.807, 2.05) is 20.8 Å². The number of hydrogen-bond acceptors (Lipinski definition) is 2. The summed E-state index contributed by atoms with van der Waals surface area (Å²) >= 11 is 0. The zero-order valence-corrected chi connectivity index (χ0v) is 7.27. The van der Waals surface area contributed by atoms with Crippen molar-refractivity contribution in [3.05, 3.63) is 0 Å². The van der Waals surface area contributed by atoms with Gasteiger partial charge in [0.25, 0.3) is 0 Å². The lowest BCUT2D eigenvalue weighted by atomic mass is 10.2. The molecule has 0 aliphatic carbocycles. The molecule has 0 saturated heterocycles. The molecule has 0 aromatic carbocycles. The van der Waals surface area contributed by atoms with E-state index in [4.69, 9.17) is 4.84 Å². The number of hydrogen-bond donors (Lipinski definition) is 0. The second-order valence-corrected chi connectivity index (χ2v) is 3.20. The fourth-order valence-corrected chi connectivity index (χ4v) is 0.327. The molecule has 0 bridgehead atoms. The van der Waals surface area contributed by atoms with E-state index in [1.165, 1.54) is 0 Å². The van der Waals surface area contributed by atoms with Gasteiger partial charge in [0.15, 0.2) is 0 Å². The minimum Gasteiger partial charge on any atom is -0.390 e. The maximum absolute atomic E-state index is 5.05. The molecule has 2 heteroatoms. The largest absolute Gasteiger partial charge is 0.390 e. The van der Waals surface area contributed by atoms with Crippen LogP contribution in [0.4, 0.5) is 0 Å². The SMILES string of the molecule is CCC/[C]=N\OC(C)(C)C. The summed E-state index contributed by atoms with van der Waals surface area (Å²) < 4.78 is 0. The van der Waals surface area contributed by atoms with Crippen molar-refractivity contribution < 1.29 is 4.84 Å². The summed E-state index contributed by atoms with van der Waals surface area (Å²) in [6.45, 7) is 7.97. The molecule has 0 aromatic rings. The van der Waals surface area contributed by atoms with Crippen LogP contribution in [0.3, 0.4) is 0 Å². The van der Waals surface area contributed by atoms with E-state index in [0.29, 0.717) is 0 Å². The van der Waals surface area contributed by atoms with Crippen molar-refractivity contribution in [3.63, 3.8) is 0 Å². The predicted molar refractivity (Wildman–Crippen MR) is 43.2 cm³/mol. The quantitative estimate of drug-likeness (QED) is 0.438. The van der Waals surface area contributed by atoms with Crippen molar-refractivity contribution in [2.45, 2.75) is 46.1 Å². The Hall–Kier alpha value is -0.530. The fourth-order valence-electron chi connectivity index (χ4n) is 0.327. The molecule has 10 heavy (non-hydrogen) atoms. The molecule has 0 heterocycles. The van der Waals surface area contributed by atoms with Crippen LogP contribution in [-0.4, -0.2) is 11.8 Å². The third-order valence-corrected chi connectivity index (χ3v) is 0.746. The topological polar surface area (TPSA) is 21.6 Å². The minimum atomic E-state index is -0.180. The molecule has 0 unspecified atom stereocenters. The summed E-state index contributed by atoms with van der Waals surface area (Å²) in [5.74, 6) is 0. The Labute approximate surface area is 63.3 Å². The van der Waals surface area contributed by atoms with Gasteiger partial charge in [-0.2, -0.15) is 0 Å². The normalized spacial score (nSPS) is 12.4. The highest BCUT2D eigenvalue weighted by Gasteiger charge is 2.08. The third kappa shape index (κ3) is 7.47. The van der Waals surface area contributed by atoms with Crippen LogP contribution in [-0.2, 0) is 4.84 Å². The second-order valence-electron chi connectivity index (χ2n) is 3.20. The standard InChI is InChI=1S/C8H16NO/c1-5-6-7-9-10-8(2,3)4/h5-6H2,1-4H3. The van der Waals surface area contributed by atoms with Gasteiger partial charge in [-0.05, 0) is 27.2 Å². The van der Waals surface area contributed by atoms with E-state index >= 15 is 0 Å². The molecule has 0 fully saturated rings. The van der Waals surface area contributed by atoms with Gasteiger partial charge < -0.3 is 4.84 Å².